The van der Waals surface area contributed by atoms with Crippen LogP contribution in [0.25, 0.3) is 0 Å². The molecule has 33 heavy (non-hydrogen) atoms. The van der Waals surface area contributed by atoms with E-state index >= 15 is 0 Å². The summed E-state index contributed by atoms with van der Waals surface area (Å²) in [5.74, 6) is -1.31. The van der Waals surface area contributed by atoms with Gasteiger partial charge in [0.25, 0.3) is 15.9 Å². The highest BCUT2D eigenvalue weighted by Crippen LogP contribution is 2.36. The minimum Gasteiger partial charge on any atom is -0.497 e. The van der Waals surface area contributed by atoms with Crippen molar-refractivity contribution in [2.45, 2.75) is 11.3 Å². The second kappa shape index (κ2) is 8.74. The Labute approximate surface area is 190 Å². The maximum absolute atomic E-state index is 12.6. The molecule has 0 N–H and O–H groups in total. The number of benzene rings is 2. The van der Waals surface area contributed by atoms with Gasteiger partial charge >= 0.3 is 5.97 Å². The summed E-state index contributed by atoms with van der Waals surface area (Å²) in [6.45, 7) is -0.528. The molecule has 2 aromatic carbocycles. The summed E-state index contributed by atoms with van der Waals surface area (Å²) in [7, 11) is -0.990. The lowest BCUT2D eigenvalue weighted by Crippen LogP contribution is -2.34. The molecule has 2 aromatic rings. The predicted octanol–water partition coefficient (Wildman–Crippen LogP) is 1.44. The molecule has 1 fully saturated rings. The fourth-order valence-corrected chi connectivity index (χ4v) is 5.46. The van der Waals surface area contributed by atoms with E-state index in [-0.39, 0.29) is 42.5 Å². The monoisotopic (exact) mass is 474 g/mol. The van der Waals surface area contributed by atoms with Crippen LogP contribution in [0.15, 0.2) is 47.4 Å². The van der Waals surface area contributed by atoms with Crippen LogP contribution in [-0.4, -0.2) is 64.4 Å². The minimum absolute atomic E-state index is 0.0552. The van der Waals surface area contributed by atoms with Crippen LogP contribution in [0.3, 0.4) is 0 Å². The summed E-state index contributed by atoms with van der Waals surface area (Å²) in [6, 6.07) is 10.9. The smallest absolute Gasteiger partial charge is 0.311 e. The van der Waals surface area contributed by atoms with Crippen molar-refractivity contribution in [1.82, 2.24) is 4.31 Å². The number of hydrogen-bond acceptors (Lipinski definition) is 8. The summed E-state index contributed by atoms with van der Waals surface area (Å²) in [5.41, 5.74) is 0.597. The average molecular weight is 474 g/mol. The molecule has 0 radical (unpaired) electrons. The molecule has 1 saturated heterocycles. The molecular formula is C22H22N2O8S. The molecule has 10 nitrogen and oxygen atoms in total. The number of nitrogens with zero attached hydrogens (tertiary/aromatic N) is 2. The Morgan fingerprint density at radius 2 is 1.85 bits per heavy atom. The topological polar surface area (TPSA) is 120 Å². The van der Waals surface area contributed by atoms with Gasteiger partial charge in [-0.3, -0.25) is 14.4 Å². The predicted molar refractivity (Wildman–Crippen MR) is 116 cm³/mol. The van der Waals surface area contributed by atoms with E-state index in [2.05, 4.69) is 0 Å². The van der Waals surface area contributed by atoms with E-state index in [0.29, 0.717) is 21.5 Å². The maximum atomic E-state index is 12.6. The molecular weight excluding hydrogens is 452 g/mol. The quantitative estimate of drug-likeness (QED) is 0.553. The molecule has 0 aromatic heterocycles. The number of sulfonamides is 1. The van der Waals surface area contributed by atoms with Gasteiger partial charge in [-0.2, -0.15) is 0 Å². The van der Waals surface area contributed by atoms with E-state index in [9.17, 15) is 22.8 Å². The van der Waals surface area contributed by atoms with Crippen molar-refractivity contribution in [3.63, 3.8) is 0 Å². The van der Waals surface area contributed by atoms with E-state index in [1.807, 2.05) is 0 Å². The zero-order valence-electron chi connectivity index (χ0n) is 18.0. The lowest BCUT2D eigenvalue weighted by Gasteiger charge is -2.20. The first kappa shape index (κ1) is 22.6. The van der Waals surface area contributed by atoms with E-state index in [0.717, 1.165) is 0 Å². The third kappa shape index (κ3) is 3.99. The third-order valence-corrected chi connectivity index (χ3v) is 7.43. The fraction of sp³-hybridized carbons (Fsp3) is 0.318. The second-order valence-corrected chi connectivity index (χ2v) is 9.32. The summed E-state index contributed by atoms with van der Waals surface area (Å²) in [4.78, 5) is 38.9. The van der Waals surface area contributed by atoms with Crippen LogP contribution in [0.4, 0.5) is 5.69 Å². The van der Waals surface area contributed by atoms with Gasteiger partial charge in [0.15, 0.2) is 0 Å². The lowest BCUT2D eigenvalue weighted by molar-refractivity contribution is -0.148. The molecule has 2 aliphatic heterocycles. The number of methoxy groups -OCH3 is 2. The molecule has 2 aliphatic rings. The van der Waals surface area contributed by atoms with E-state index in [4.69, 9.17) is 14.2 Å². The highest BCUT2D eigenvalue weighted by molar-refractivity contribution is 7.90. The van der Waals surface area contributed by atoms with Crippen molar-refractivity contribution in [3.05, 3.63) is 48.0 Å². The minimum atomic E-state index is -3.97. The Morgan fingerprint density at radius 3 is 2.55 bits per heavy atom. The van der Waals surface area contributed by atoms with E-state index in [1.165, 1.54) is 37.3 Å². The molecule has 11 heteroatoms. The Hall–Kier alpha value is -3.60. The largest absolute Gasteiger partial charge is 0.497 e. The van der Waals surface area contributed by atoms with Gasteiger partial charge in [-0.15, -0.1) is 0 Å². The molecule has 1 atom stereocenters. The Bertz CT molecular complexity index is 1230. The normalized spacial score (nSPS) is 18.9. The second-order valence-electron chi connectivity index (χ2n) is 7.49. The van der Waals surface area contributed by atoms with Crippen molar-refractivity contribution < 1.29 is 37.0 Å². The standard InChI is InChI=1S/C22H22N2O8S/c1-30-15-7-8-17(18(12-15)31-2)23-13-14(11-20(23)25)22(27)32-10-9-24-21(26)16-5-3-4-6-19(16)33(24,28)29/h3-8,12,14H,9-11,13H2,1-2H3/t14-/m0/s1. The fourth-order valence-electron chi connectivity index (χ4n) is 3.91. The molecule has 4 rings (SSSR count). The van der Waals surface area contributed by atoms with Crippen LogP contribution in [0.1, 0.15) is 16.8 Å². The maximum Gasteiger partial charge on any atom is 0.311 e. The Kier molecular flexibility index (Phi) is 5.98. The summed E-state index contributed by atoms with van der Waals surface area (Å²) < 4.78 is 41.6. The van der Waals surface area contributed by atoms with Gasteiger partial charge in [0.05, 0.1) is 37.9 Å². The highest BCUT2D eigenvalue weighted by atomic mass is 32.2. The Morgan fingerprint density at radius 1 is 1.09 bits per heavy atom. The average Bonchev–Trinajstić information content (AvgIpc) is 3.29. The number of carbonyl (C=O) groups excluding carboxylic acids is 3. The molecule has 0 bridgehead atoms. The van der Waals surface area contributed by atoms with Crippen LogP contribution >= 0.6 is 0 Å². The van der Waals surface area contributed by atoms with Gasteiger partial charge in [0.1, 0.15) is 23.0 Å². The summed E-state index contributed by atoms with van der Waals surface area (Å²) in [5, 5.41) is 0. The van der Waals surface area contributed by atoms with Crippen molar-refractivity contribution >= 4 is 33.5 Å². The third-order valence-electron chi connectivity index (χ3n) is 5.59. The molecule has 2 amide bonds. The SMILES string of the molecule is COc1ccc(N2C[C@@H](C(=O)OCCN3C(=O)c4ccccc4S3(=O)=O)CC2=O)c(OC)c1. The molecule has 0 unspecified atom stereocenters. The summed E-state index contributed by atoms with van der Waals surface area (Å²) in [6.07, 6.45) is -0.0552. The number of fused-ring (bicyclic) bond motifs is 1. The zero-order chi connectivity index (χ0) is 23.8. The van der Waals surface area contributed by atoms with Crippen LogP contribution in [0, 0.1) is 5.92 Å². The molecule has 0 saturated carbocycles. The van der Waals surface area contributed by atoms with Gasteiger partial charge in [-0.25, -0.2) is 12.7 Å². The van der Waals surface area contributed by atoms with Crippen LogP contribution in [-0.2, 0) is 24.3 Å². The first-order valence-electron chi connectivity index (χ1n) is 10.1. The van der Waals surface area contributed by atoms with Crippen LogP contribution in [0.2, 0.25) is 0 Å². The number of esters is 1. The van der Waals surface area contributed by atoms with Crippen molar-refractivity contribution in [1.29, 1.82) is 0 Å². The van der Waals surface area contributed by atoms with Gasteiger partial charge in [-0.1, -0.05) is 12.1 Å². The molecule has 0 aliphatic carbocycles. The lowest BCUT2D eigenvalue weighted by atomic mass is 10.1. The Balaban J connectivity index is 1.38. The van der Waals surface area contributed by atoms with E-state index in [1.54, 1.807) is 24.3 Å². The van der Waals surface area contributed by atoms with Crippen LogP contribution in [0.5, 0.6) is 11.5 Å². The zero-order valence-corrected chi connectivity index (χ0v) is 18.8. The molecule has 2 heterocycles. The van der Waals surface area contributed by atoms with Crippen molar-refractivity contribution in [3.8, 4) is 11.5 Å². The first-order valence-corrected chi connectivity index (χ1v) is 11.6. The van der Waals surface area contributed by atoms with Gasteiger partial charge < -0.3 is 19.1 Å². The number of hydrogen-bond donors (Lipinski definition) is 0. The summed E-state index contributed by atoms with van der Waals surface area (Å²) >= 11 is 0. The van der Waals surface area contributed by atoms with Crippen molar-refractivity contribution in [2.75, 3.05) is 38.8 Å². The molecule has 0 spiro atoms. The number of ether oxygens (including phenoxy) is 3. The van der Waals surface area contributed by atoms with Gasteiger partial charge in [-0.05, 0) is 24.3 Å². The number of carbonyl (C=O) groups is 3. The number of amides is 2. The number of rotatable bonds is 7. The van der Waals surface area contributed by atoms with Gasteiger partial charge in [0.2, 0.25) is 5.91 Å². The van der Waals surface area contributed by atoms with Crippen molar-refractivity contribution in [2.24, 2.45) is 5.92 Å². The highest BCUT2D eigenvalue weighted by Gasteiger charge is 2.41. The number of anilines is 1. The molecule has 174 valence electrons. The van der Waals surface area contributed by atoms with Crippen LogP contribution < -0.4 is 14.4 Å². The first-order chi connectivity index (χ1) is 15.8. The van der Waals surface area contributed by atoms with E-state index < -0.39 is 27.8 Å². The van der Waals surface area contributed by atoms with Gasteiger partial charge in [0, 0.05) is 19.0 Å².